The fourth-order valence-electron chi connectivity index (χ4n) is 2.37. The molecule has 0 saturated heterocycles. The van der Waals surface area contributed by atoms with Gasteiger partial charge in [0.1, 0.15) is 0 Å². The van der Waals surface area contributed by atoms with Crippen molar-refractivity contribution in [3.63, 3.8) is 0 Å². The highest BCUT2D eigenvalue weighted by Crippen LogP contribution is 2.25. The first-order valence-electron chi connectivity index (χ1n) is 7.01. The number of hydrogen-bond acceptors (Lipinski definition) is 2. The van der Waals surface area contributed by atoms with Crippen LogP contribution in [0.1, 0.15) is 41.2 Å². The highest BCUT2D eigenvalue weighted by atomic mass is 79.9. The number of carbonyl (C=O) groups is 1. The van der Waals surface area contributed by atoms with Gasteiger partial charge >= 0.3 is 0 Å². The second kappa shape index (κ2) is 6.88. The van der Waals surface area contributed by atoms with E-state index in [1.165, 1.54) is 0 Å². The number of nitrogens with zero attached hydrogens (tertiary/aromatic N) is 2. The van der Waals surface area contributed by atoms with Crippen molar-refractivity contribution in [3.05, 3.63) is 49.7 Å². The summed E-state index contributed by atoms with van der Waals surface area (Å²) in [4.78, 5) is 12.6. The maximum absolute atomic E-state index is 12.6. The highest BCUT2D eigenvalue weighted by molar-refractivity contribution is 9.10. The Bertz CT molecular complexity index is 677. The zero-order valence-corrected chi connectivity index (χ0v) is 15.6. The van der Waals surface area contributed by atoms with Crippen LogP contribution in [-0.4, -0.2) is 15.6 Å². The van der Waals surface area contributed by atoms with Crippen LogP contribution in [0.3, 0.4) is 0 Å². The Kier molecular flexibility index (Phi) is 5.38. The molecule has 0 fully saturated rings. The summed E-state index contributed by atoms with van der Waals surface area (Å²) in [6, 6.07) is 5.75. The van der Waals surface area contributed by atoms with Crippen LogP contribution in [0.4, 0.5) is 0 Å². The first kappa shape index (κ1) is 16.4. The van der Waals surface area contributed by atoms with E-state index < -0.39 is 0 Å². The smallest absolute Gasteiger partial charge is 0.169 e. The van der Waals surface area contributed by atoms with E-state index in [-0.39, 0.29) is 5.78 Å². The molecular formula is C16H18Br2N2O. The summed E-state index contributed by atoms with van der Waals surface area (Å²) in [5.74, 6) is 0.123. The number of benzene rings is 1. The van der Waals surface area contributed by atoms with Gasteiger partial charge in [-0.25, -0.2) is 0 Å². The molecule has 1 aromatic carbocycles. The van der Waals surface area contributed by atoms with Crippen LogP contribution in [0.15, 0.2) is 27.1 Å². The van der Waals surface area contributed by atoms with Crippen LogP contribution in [-0.2, 0) is 19.4 Å². The first-order valence-corrected chi connectivity index (χ1v) is 8.59. The number of ketones is 1. The van der Waals surface area contributed by atoms with Gasteiger partial charge < -0.3 is 0 Å². The average molecular weight is 414 g/mol. The van der Waals surface area contributed by atoms with Gasteiger partial charge in [-0.05, 0) is 53.9 Å². The largest absolute Gasteiger partial charge is 0.294 e. The average Bonchev–Trinajstić information content (AvgIpc) is 2.75. The molecule has 0 aliphatic carbocycles. The van der Waals surface area contributed by atoms with E-state index in [9.17, 15) is 4.79 Å². The predicted molar refractivity (Wildman–Crippen MR) is 91.9 cm³/mol. The van der Waals surface area contributed by atoms with Crippen molar-refractivity contribution in [1.29, 1.82) is 0 Å². The maximum Gasteiger partial charge on any atom is 0.169 e. The molecule has 0 amide bonds. The van der Waals surface area contributed by atoms with Gasteiger partial charge in [-0.15, -0.1) is 0 Å². The van der Waals surface area contributed by atoms with E-state index >= 15 is 0 Å². The molecule has 3 nitrogen and oxygen atoms in total. The highest BCUT2D eigenvalue weighted by Gasteiger charge is 2.18. The van der Waals surface area contributed by atoms with Crippen molar-refractivity contribution in [2.75, 3.05) is 0 Å². The van der Waals surface area contributed by atoms with Crippen molar-refractivity contribution >= 4 is 37.6 Å². The van der Waals surface area contributed by atoms with Crippen LogP contribution < -0.4 is 0 Å². The van der Waals surface area contributed by atoms with Crippen LogP contribution >= 0.6 is 31.9 Å². The van der Waals surface area contributed by atoms with Gasteiger partial charge in [-0.2, -0.15) is 5.10 Å². The minimum Gasteiger partial charge on any atom is -0.294 e. The number of rotatable bonds is 5. The van der Waals surface area contributed by atoms with Crippen LogP contribution in [0, 0.1) is 6.92 Å². The Morgan fingerprint density at radius 1 is 1.29 bits per heavy atom. The van der Waals surface area contributed by atoms with Crippen molar-refractivity contribution < 1.29 is 4.79 Å². The predicted octanol–water partition coefficient (Wildman–Crippen LogP) is 4.72. The SMILES string of the molecule is CCc1nn(CC)c(CC(=O)c2ccc(Br)cc2C)c1Br. The topological polar surface area (TPSA) is 34.9 Å². The Morgan fingerprint density at radius 3 is 2.57 bits per heavy atom. The lowest BCUT2D eigenvalue weighted by Gasteiger charge is -2.08. The lowest BCUT2D eigenvalue weighted by Crippen LogP contribution is -2.11. The molecule has 0 bridgehead atoms. The Hall–Kier alpha value is -0.940. The molecule has 0 N–H and O–H groups in total. The summed E-state index contributed by atoms with van der Waals surface area (Å²) in [7, 11) is 0. The fourth-order valence-corrected chi connectivity index (χ4v) is 3.55. The molecule has 2 aromatic rings. The molecule has 0 atom stereocenters. The molecule has 2 rings (SSSR count). The zero-order chi connectivity index (χ0) is 15.6. The van der Waals surface area contributed by atoms with E-state index in [2.05, 4.69) is 43.9 Å². The summed E-state index contributed by atoms with van der Waals surface area (Å²) in [6.07, 6.45) is 1.22. The third kappa shape index (κ3) is 3.46. The van der Waals surface area contributed by atoms with Gasteiger partial charge in [-0.1, -0.05) is 28.9 Å². The number of aromatic nitrogens is 2. The number of carbonyl (C=O) groups excluding carboxylic acids is 1. The Morgan fingerprint density at radius 2 is 2.00 bits per heavy atom. The molecule has 21 heavy (non-hydrogen) atoms. The van der Waals surface area contributed by atoms with Gasteiger partial charge in [0.25, 0.3) is 0 Å². The third-order valence-corrected chi connectivity index (χ3v) is 4.92. The molecule has 1 aromatic heterocycles. The summed E-state index contributed by atoms with van der Waals surface area (Å²) in [5.41, 5.74) is 3.73. The summed E-state index contributed by atoms with van der Waals surface area (Å²) >= 11 is 7.02. The molecule has 0 aliphatic rings. The second-order valence-electron chi connectivity index (χ2n) is 4.94. The van der Waals surface area contributed by atoms with Crippen LogP contribution in [0.2, 0.25) is 0 Å². The molecular weight excluding hydrogens is 396 g/mol. The summed E-state index contributed by atoms with van der Waals surface area (Å²) in [5, 5.41) is 4.54. The van der Waals surface area contributed by atoms with Gasteiger partial charge in [0.2, 0.25) is 0 Å². The van der Waals surface area contributed by atoms with Gasteiger partial charge in [0.15, 0.2) is 5.78 Å². The zero-order valence-electron chi connectivity index (χ0n) is 12.4. The van der Waals surface area contributed by atoms with Gasteiger partial charge in [-0.3, -0.25) is 9.48 Å². The molecule has 0 aliphatic heterocycles. The third-order valence-electron chi connectivity index (χ3n) is 3.51. The number of halogens is 2. The molecule has 0 radical (unpaired) electrons. The van der Waals surface area contributed by atoms with E-state index in [0.717, 1.165) is 44.4 Å². The van der Waals surface area contributed by atoms with Gasteiger partial charge in [0, 0.05) is 16.6 Å². The normalized spacial score (nSPS) is 10.9. The lowest BCUT2D eigenvalue weighted by atomic mass is 10.0. The quantitative estimate of drug-likeness (QED) is 0.664. The number of Topliss-reactive ketones (excluding diaryl/α,β-unsaturated/α-hetero) is 1. The standard InChI is InChI=1S/C16H18Br2N2O/c1-4-13-16(18)14(20(5-2)19-13)9-15(21)12-7-6-11(17)8-10(12)3/h6-8H,4-5,9H2,1-3H3. The Labute approximate surface area is 142 Å². The minimum absolute atomic E-state index is 0.123. The van der Waals surface area contributed by atoms with E-state index in [1.807, 2.05) is 36.7 Å². The summed E-state index contributed by atoms with van der Waals surface area (Å²) in [6.45, 7) is 6.83. The molecule has 0 unspecified atom stereocenters. The molecule has 112 valence electrons. The lowest BCUT2D eigenvalue weighted by molar-refractivity contribution is 0.0989. The van der Waals surface area contributed by atoms with E-state index in [1.54, 1.807) is 0 Å². The first-order chi connectivity index (χ1) is 9.97. The second-order valence-corrected chi connectivity index (χ2v) is 6.64. The maximum atomic E-state index is 12.6. The molecule has 1 heterocycles. The van der Waals surface area contributed by atoms with E-state index in [0.29, 0.717) is 6.42 Å². The van der Waals surface area contributed by atoms with Crippen molar-refractivity contribution in [2.45, 2.75) is 40.2 Å². The van der Waals surface area contributed by atoms with Crippen LogP contribution in [0.5, 0.6) is 0 Å². The number of aryl methyl sites for hydroxylation is 3. The van der Waals surface area contributed by atoms with Crippen molar-refractivity contribution in [1.82, 2.24) is 9.78 Å². The Balaban J connectivity index is 2.33. The monoisotopic (exact) mass is 412 g/mol. The number of hydrogen-bond donors (Lipinski definition) is 0. The van der Waals surface area contributed by atoms with Crippen LogP contribution in [0.25, 0.3) is 0 Å². The molecule has 0 saturated carbocycles. The fraction of sp³-hybridized carbons (Fsp3) is 0.375. The van der Waals surface area contributed by atoms with E-state index in [4.69, 9.17) is 0 Å². The van der Waals surface area contributed by atoms with Crippen molar-refractivity contribution in [2.24, 2.45) is 0 Å². The van der Waals surface area contributed by atoms with Crippen molar-refractivity contribution in [3.8, 4) is 0 Å². The molecule has 0 spiro atoms. The molecule has 5 heteroatoms. The summed E-state index contributed by atoms with van der Waals surface area (Å²) < 4.78 is 3.87. The minimum atomic E-state index is 0.123. The van der Waals surface area contributed by atoms with Gasteiger partial charge in [0.05, 0.1) is 22.3 Å².